The van der Waals surface area contributed by atoms with Crippen molar-refractivity contribution in [1.29, 1.82) is 0 Å². The molecule has 0 amide bonds. The van der Waals surface area contributed by atoms with Crippen molar-refractivity contribution in [2.75, 3.05) is 40.0 Å². The maximum Gasteiger partial charge on any atom is 0.481 e. The number of rotatable bonds is 15. The minimum absolute atomic E-state index is 0.300. The Morgan fingerprint density at radius 1 is 0.500 bits per heavy atom. The van der Waals surface area contributed by atoms with Crippen LogP contribution >= 0.6 is 7.82 Å². The van der Waals surface area contributed by atoms with E-state index in [2.05, 4.69) is 57.2 Å². The van der Waals surface area contributed by atoms with Crippen molar-refractivity contribution < 1.29 is 32.6 Å². The highest BCUT2D eigenvalue weighted by Crippen LogP contribution is 2.50. The summed E-state index contributed by atoms with van der Waals surface area (Å²) in [7, 11) is -4.17. The van der Waals surface area contributed by atoms with E-state index in [0.29, 0.717) is 37.4 Å². The summed E-state index contributed by atoms with van der Waals surface area (Å²) < 4.78 is 31.7. The summed E-state index contributed by atoms with van der Waals surface area (Å²) in [5, 5.41) is 5.61. The maximum absolute atomic E-state index is 14.2. The zero-order valence-corrected chi connectivity index (χ0v) is 31.6. The maximum atomic E-state index is 14.2. The number of hydroxylamine groups is 6. The average Bonchev–Trinajstić information content (AvgIpc) is 3.14. The number of nitrogens with zero attached hydrogens (tertiary/aromatic N) is 3. The summed E-state index contributed by atoms with van der Waals surface area (Å²) >= 11 is 0. The molecule has 6 rings (SSSR count). The van der Waals surface area contributed by atoms with Crippen molar-refractivity contribution in [3.05, 3.63) is 70.3 Å². The number of phosphoric acid groups is 1. The molecule has 3 heterocycles. The first-order valence-electron chi connectivity index (χ1n) is 19.3. The van der Waals surface area contributed by atoms with Gasteiger partial charge in [0.05, 0.1) is 19.6 Å². The smallest absolute Gasteiger partial charge is 0.257 e. The second-order valence-electron chi connectivity index (χ2n) is 14.8. The third kappa shape index (κ3) is 10.5. The Kier molecular flexibility index (Phi) is 13.9. The van der Waals surface area contributed by atoms with Gasteiger partial charge in [0.25, 0.3) is 0 Å². The van der Waals surface area contributed by atoms with Gasteiger partial charge < -0.3 is 0 Å². The Morgan fingerprint density at radius 3 is 1.06 bits per heavy atom. The summed E-state index contributed by atoms with van der Waals surface area (Å²) in [6.45, 7) is 7.27. The van der Waals surface area contributed by atoms with Crippen LogP contribution in [0.3, 0.4) is 0 Å². The van der Waals surface area contributed by atoms with Crippen molar-refractivity contribution in [1.82, 2.24) is 15.2 Å². The average molecular weight is 714 g/mol. The molecule has 6 aliphatic rings. The van der Waals surface area contributed by atoms with Crippen LogP contribution in [0.5, 0.6) is 0 Å². The molecule has 0 N–H and O–H groups in total. The van der Waals surface area contributed by atoms with Gasteiger partial charge in [-0.25, -0.2) is 19.1 Å². The van der Waals surface area contributed by atoms with Gasteiger partial charge in [-0.1, -0.05) is 92.7 Å². The quantitative estimate of drug-likeness (QED) is 0.121. The molecule has 0 aromatic carbocycles. The zero-order valence-electron chi connectivity index (χ0n) is 30.7. The SMILES string of the molecule is CC1=CCN(OCOP(=O)(OCON2CC=C(C)C=C2C2CCCCC2)OCON2CC=C(C)C=C2C2CCCCC2)C(C2CCCCC2)=C1. The Morgan fingerprint density at radius 2 is 0.780 bits per heavy atom. The minimum Gasteiger partial charge on any atom is -0.257 e. The van der Waals surface area contributed by atoms with E-state index in [9.17, 15) is 4.57 Å². The predicted octanol–water partition coefficient (Wildman–Crippen LogP) is 9.99. The summed E-state index contributed by atoms with van der Waals surface area (Å²) in [6.07, 6.45) is 31.0. The molecular formula is C39H60N3O7P. The minimum atomic E-state index is -4.17. The molecule has 3 aliphatic carbocycles. The second kappa shape index (κ2) is 18.5. The van der Waals surface area contributed by atoms with Gasteiger partial charge in [0.15, 0.2) is 20.4 Å². The first-order valence-corrected chi connectivity index (χ1v) is 20.7. The van der Waals surface area contributed by atoms with E-state index < -0.39 is 7.82 Å². The number of allylic oxidation sites excluding steroid dienone is 9. The topological polar surface area (TPSA) is 82.2 Å². The summed E-state index contributed by atoms with van der Waals surface area (Å²) in [5.74, 6) is 1.32. The van der Waals surface area contributed by atoms with Crippen LogP contribution in [-0.2, 0) is 32.6 Å². The van der Waals surface area contributed by atoms with Crippen LogP contribution in [0.1, 0.15) is 117 Å². The molecule has 0 bridgehead atoms. The second-order valence-corrected chi connectivity index (χ2v) is 16.5. The highest BCUT2D eigenvalue weighted by molar-refractivity contribution is 7.48. The van der Waals surface area contributed by atoms with Crippen LogP contribution in [0.2, 0.25) is 0 Å². The molecule has 0 atom stereocenters. The van der Waals surface area contributed by atoms with E-state index >= 15 is 0 Å². The normalized spacial score (nSPS) is 23.6. The first kappa shape index (κ1) is 37.6. The highest BCUT2D eigenvalue weighted by Gasteiger charge is 2.33. The molecule has 11 heteroatoms. The van der Waals surface area contributed by atoms with Gasteiger partial charge in [-0.3, -0.25) is 28.8 Å². The summed E-state index contributed by atoms with van der Waals surface area (Å²) in [5.41, 5.74) is 7.15. The lowest BCUT2D eigenvalue weighted by molar-refractivity contribution is -0.215. The van der Waals surface area contributed by atoms with Crippen LogP contribution in [0.15, 0.2) is 70.3 Å². The lowest BCUT2D eigenvalue weighted by Gasteiger charge is -2.36. The van der Waals surface area contributed by atoms with Gasteiger partial charge >= 0.3 is 7.82 Å². The third-order valence-corrected chi connectivity index (χ3v) is 12.3. The monoisotopic (exact) mass is 713 g/mol. The Hall–Kier alpha value is -2.17. The van der Waals surface area contributed by atoms with Crippen LogP contribution in [0.4, 0.5) is 0 Å². The van der Waals surface area contributed by atoms with Gasteiger partial charge in [0.2, 0.25) is 0 Å². The molecule has 0 unspecified atom stereocenters. The molecule has 3 saturated carbocycles. The van der Waals surface area contributed by atoms with Crippen LogP contribution < -0.4 is 0 Å². The third-order valence-electron chi connectivity index (χ3n) is 11.1. The van der Waals surface area contributed by atoms with Gasteiger partial charge in [-0.2, -0.15) is 0 Å². The van der Waals surface area contributed by atoms with E-state index in [1.165, 1.54) is 74.5 Å². The van der Waals surface area contributed by atoms with Gasteiger partial charge in [-0.05, 0) is 77.5 Å². The van der Waals surface area contributed by atoms with Crippen molar-refractivity contribution in [2.24, 2.45) is 17.8 Å². The molecule has 278 valence electrons. The molecular weight excluding hydrogens is 653 g/mol. The van der Waals surface area contributed by atoms with Gasteiger partial charge in [-0.15, -0.1) is 0 Å². The fraction of sp³-hybridized carbons (Fsp3) is 0.692. The van der Waals surface area contributed by atoms with Crippen molar-refractivity contribution >= 4 is 7.82 Å². The molecule has 10 nitrogen and oxygen atoms in total. The van der Waals surface area contributed by atoms with E-state index in [-0.39, 0.29) is 20.4 Å². The Labute approximate surface area is 300 Å². The molecule has 0 aromatic rings. The fourth-order valence-corrected chi connectivity index (χ4v) is 8.95. The highest BCUT2D eigenvalue weighted by atomic mass is 31.2. The van der Waals surface area contributed by atoms with E-state index in [0.717, 1.165) is 55.6 Å². The Bertz CT molecular complexity index is 1210. The lowest BCUT2D eigenvalue weighted by Crippen LogP contribution is -2.33. The van der Waals surface area contributed by atoms with E-state index in [4.69, 9.17) is 28.1 Å². The standard InChI is InChI=1S/C39H60N3O7P/c1-31-19-22-40(37(25-31)34-13-7-4-8-14-34)44-28-47-50(43,48-29-45-41-23-20-32(2)26-38(41)35-15-9-5-10-16-35)49-30-46-42-24-21-33(3)27-39(42)36-17-11-6-12-18-36/h19-21,25-27,34-36H,4-18,22-24,28-30H2,1-3H3. The van der Waals surface area contributed by atoms with Gasteiger partial charge in [0, 0.05) is 34.8 Å². The van der Waals surface area contributed by atoms with Gasteiger partial charge in [0.1, 0.15) is 0 Å². The summed E-state index contributed by atoms with van der Waals surface area (Å²) in [6, 6.07) is 0. The number of phosphoric ester groups is 1. The molecule has 0 aromatic heterocycles. The summed E-state index contributed by atoms with van der Waals surface area (Å²) in [4.78, 5) is 18.4. The van der Waals surface area contributed by atoms with Crippen LogP contribution in [0, 0.1) is 17.8 Å². The zero-order chi connectivity index (χ0) is 34.8. The van der Waals surface area contributed by atoms with Crippen molar-refractivity contribution in [3.63, 3.8) is 0 Å². The van der Waals surface area contributed by atoms with Crippen LogP contribution in [0.25, 0.3) is 0 Å². The molecule has 0 radical (unpaired) electrons. The largest absolute Gasteiger partial charge is 0.481 e. The number of hydrogen-bond donors (Lipinski definition) is 0. The van der Waals surface area contributed by atoms with Crippen molar-refractivity contribution in [2.45, 2.75) is 117 Å². The molecule has 3 aliphatic heterocycles. The molecule has 3 fully saturated rings. The lowest BCUT2D eigenvalue weighted by atomic mass is 9.85. The molecule has 0 saturated heterocycles. The predicted molar refractivity (Wildman–Crippen MR) is 194 cm³/mol. The van der Waals surface area contributed by atoms with Crippen LogP contribution in [-0.4, -0.2) is 55.2 Å². The van der Waals surface area contributed by atoms with Crippen molar-refractivity contribution in [3.8, 4) is 0 Å². The number of hydrogen-bond acceptors (Lipinski definition) is 10. The van der Waals surface area contributed by atoms with E-state index in [1.807, 2.05) is 15.2 Å². The van der Waals surface area contributed by atoms with E-state index in [1.54, 1.807) is 0 Å². The fourth-order valence-electron chi connectivity index (χ4n) is 8.20. The molecule has 0 spiro atoms. The Balaban J connectivity index is 1.08. The first-order chi connectivity index (χ1) is 24.4. The molecule has 50 heavy (non-hydrogen) atoms.